The fraction of sp³-hybridized carbons (Fsp3) is 0.318. The molecule has 1 aliphatic rings. The summed E-state index contributed by atoms with van der Waals surface area (Å²) in [5.74, 6) is -1.34. The van der Waals surface area contributed by atoms with E-state index >= 15 is 0 Å². The molecular weight excluding hydrogens is 412 g/mol. The molecule has 0 bridgehead atoms. The van der Waals surface area contributed by atoms with Crippen LogP contribution in [0.25, 0.3) is 11.1 Å². The van der Waals surface area contributed by atoms with E-state index in [1.807, 2.05) is 29.2 Å². The molecular formula is C22H28N6O4. The highest BCUT2D eigenvalue weighted by Crippen LogP contribution is 2.22. The number of hydroxylamine groups is 1. The second-order valence-electron chi connectivity index (χ2n) is 7.72. The Morgan fingerprint density at radius 1 is 1.06 bits per heavy atom. The lowest BCUT2D eigenvalue weighted by molar-refractivity contribution is -0.130. The molecule has 1 unspecified atom stereocenters. The van der Waals surface area contributed by atoms with Crippen molar-refractivity contribution in [2.45, 2.75) is 18.5 Å². The molecule has 0 radical (unpaired) electrons. The Kier molecular flexibility index (Phi) is 7.90. The maximum atomic E-state index is 12.3. The Balaban J connectivity index is 1.57. The first-order chi connectivity index (χ1) is 15.4. The molecule has 2 aromatic rings. The third-order valence-corrected chi connectivity index (χ3v) is 5.29. The van der Waals surface area contributed by atoms with Gasteiger partial charge in [-0.1, -0.05) is 24.3 Å². The van der Waals surface area contributed by atoms with Gasteiger partial charge in [-0.2, -0.15) is 0 Å². The smallest absolute Gasteiger partial charge is 0.267 e. The molecule has 3 rings (SSSR count). The van der Waals surface area contributed by atoms with Gasteiger partial charge in [0.15, 0.2) is 0 Å². The van der Waals surface area contributed by atoms with E-state index in [2.05, 4.69) is 10.6 Å². The second kappa shape index (κ2) is 10.8. The van der Waals surface area contributed by atoms with Crippen LogP contribution < -0.4 is 27.6 Å². The van der Waals surface area contributed by atoms with E-state index in [1.165, 1.54) is 5.48 Å². The number of rotatable bonds is 8. The lowest BCUT2D eigenvalue weighted by atomic mass is 10.0. The summed E-state index contributed by atoms with van der Waals surface area (Å²) in [6.07, 6.45) is 0.911. The van der Waals surface area contributed by atoms with Crippen molar-refractivity contribution in [3.8, 4) is 11.1 Å². The summed E-state index contributed by atoms with van der Waals surface area (Å²) in [5, 5.41) is 14.0. The maximum absolute atomic E-state index is 12.3. The van der Waals surface area contributed by atoms with Gasteiger partial charge in [0.05, 0.1) is 6.54 Å². The van der Waals surface area contributed by atoms with Crippen LogP contribution in [0.2, 0.25) is 0 Å². The van der Waals surface area contributed by atoms with E-state index in [4.69, 9.17) is 16.7 Å². The molecule has 0 saturated carbocycles. The largest absolute Gasteiger partial charge is 0.339 e. The van der Waals surface area contributed by atoms with Gasteiger partial charge >= 0.3 is 0 Å². The maximum Gasteiger partial charge on any atom is 0.267 e. The number of nitrogens with two attached hydrogens (primary N) is 2. The molecule has 0 spiro atoms. The standard InChI is InChI=1S/C22H28N6O4/c23-11-19(22(31)27-32)26-21(30)16-3-1-14(2-4-16)15-5-7-18(8-6-15)25-20(29)13-28-10-9-17(24)12-28/h1-8,17,19,32H,9-13,23-24H2,(H,25,29)(H,26,30)(H,27,31)/t17?,19-/m0/s1. The van der Waals surface area contributed by atoms with Gasteiger partial charge in [-0.05, 0) is 41.8 Å². The first-order valence-electron chi connectivity index (χ1n) is 10.3. The van der Waals surface area contributed by atoms with E-state index in [0.717, 1.165) is 30.6 Å². The molecule has 0 aliphatic carbocycles. The molecule has 10 nitrogen and oxygen atoms in total. The van der Waals surface area contributed by atoms with Crippen LogP contribution in [0.5, 0.6) is 0 Å². The van der Waals surface area contributed by atoms with Crippen LogP contribution >= 0.6 is 0 Å². The van der Waals surface area contributed by atoms with Crippen molar-refractivity contribution in [2.75, 3.05) is 31.5 Å². The van der Waals surface area contributed by atoms with Gasteiger partial charge in [0, 0.05) is 36.9 Å². The Morgan fingerprint density at radius 2 is 1.69 bits per heavy atom. The molecule has 8 N–H and O–H groups in total. The first kappa shape index (κ1) is 23.4. The predicted molar refractivity (Wildman–Crippen MR) is 120 cm³/mol. The summed E-state index contributed by atoms with van der Waals surface area (Å²) < 4.78 is 0. The molecule has 3 amide bonds. The van der Waals surface area contributed by atoms with E-state index < -0.39 is 17.9 Å². The number of carbonyl (C=O) groups is 3. The van der Waals surface area contributed by atoms with Crippen LogP contribution in [0.15, 0.2) is 48.5 Å². The van der Waals surface area contributed by atoms with Gasteiger partial charge in [0.25, 0.3) is 11.8 Å². The monoisotopic (exact) mass is 440 g/mol. The van der Waals surface area contributed by atoms with Gasteiger partial charge in [0.2, 0.25) is 5.91 Å². The molecule has 1 saturated heterocycles. The molecule has 0 aromatic heterocycles. The molecule has 10 heteroatoms. The molecule has 2 atom stereocenters. The average molecular weight is 441 g/mol. The number of hydrogen-bond donors (Lipinski definition) is 6. The zero-order chi connectivity index (χ0) is 23.1. The van der Waals surface area contributed by atoms with Crippen molar-refractivity contribution in [2.24, 2.45) is 11.5 Å². The third-order valence-electron chi connectivity index (χ3n) is 5.29. The number of anilines is 1. The number of carbonyl (C=O) groups excluding carboxylic acids is 3. The topological polar surface area (TPSA) is 163 Å². The minimum Gasteiger partial charge on any atom is -0.339 e. The number of hydrogen-bond acceptors (Lipinski definition) is 7. The summed E-state index contributed by atoms with van der Waals surface area (Å²) >= 11 is 0. The van der Waals surface area contributed by atoms with E-state index in [9.17, 15) is 14.4 Å². The lowest BCUT2D eigenvalue weighted by Gasteiger charge is -2.15. The predicted octanol–water partition coefficient (Wildman–Crippen LogP) is -0.112. The van der Waals surface area contributed by atoms with Crippen LogP contribution in [-0.2, 0) is 9.59 Å². The molecule has 2 aromatic carbocycles. The summed E-state index contributed by atoms with van der Waals surface area (Å²) in [6.45, 7) is 1.75. The molecule has 170 valence electrons. The zero-order valence-corrected chi connectivity index (χ0v) is 17.6. The number of nitrogens with one attached hydrogen (secondary N) is 3. The van der Waals surface area contributed by atoms with Gasteiger partial charge < -0.3 is 22.1 Å². The van der Waals surface area contributed by atoms with Crippen LogP contribution in [0.1, 0.15) is 16.8 Å². The van der Waals surface area contributed by atoms with Gasteiger partial charge in [-0.15, -0.1) is 0 Å². The van der Waals surface area contributed by atoms with Crippen LogP contribution in [0, 0.1) is 0 Å². The number of nitrogens with zero attached hydrogens (tertiary/aromatic N) is 1. The Morgan fingerprint density at radius 3 is 2.22 bits per heavy atom. The number of likely N-dealkylation sites (tertiary alicyclic amines) is 1. The van der Waals surface area contributed by atoms with Gasteiger partial charge in [-0.25, -0.2) is 5.48 Å². The molecule has 1 aliphatic heterocycles. The Labute approximate surface area is 185 Å². The molecule has 1 fully saturated rings. The Hall–Kier alpha value is -3.31. The average Bonchev–Trinajstić information content (AvgIpc) is 3.21. The summed E-state index contributed by atoms with van der Waals surface area (Å²) in [4.78, 5) is 38.0. The van der Waals surface area contributed by atoms with Gasteiger partial charge in [0.1, 0.15) is 6.04 Å². The van der Waals surface area contributed by atoms with Crippen molar-refractivity contribution in [1.29, 1.82) is 0 Å². The number of benzene rings is 2. The SMILES string of the molecule is NC[C@H](NC(=O)c1ccc(-c2ccc(NC(=O)CN3CCC(N)C3)cc2)cc1)C(=O)NO. The lowest BCUT2D eigenvalue weighted by Crippen LogP contribution is -2.50. The van der Waals surface area contributed by atoms with Crippen LogP contribution in [0.3, 0.4) is 0 Å². The second-order valence-corrected chi connectivity index (χ2v) is 7.72. The summed E-state index contributed by atoms with van der Waals surface area (Å²) in [5.41, 5.74) is 15.6. The van der Waals surface area contributed by atoms with Gasteiger partial charge in [-0.3, -0.25) is 24.5 Å². The minimum atomic E-state index is -1.03. The highest BCUT2D eigenvalue weighted by molar-refractivity contribution is 5.98. The van der Waals surface area contributed by atoms with Crippen molar-refractivity contribution >= 4 is 23.4 Å². The van der Waals surface area contributed by atoms with E-state index in [1.54, 1.807) is 24.3 Å². The third kappa shape index (κ3) is 6.11. The highest BCUT2D eigenvalue weighted by atomic mass is 16.5. The Bertz CT molecular complexity index is 948. The molecule has 1 heterocycles. The normalized spacial score (nSPS) is 16.9. The quantitative estimate of drug-likeness (QED) is 0.246. The fourth-order valence-corrected chi connectivity index (χ4v) is 3.52. The van der Waals surface area contributed by atoms with Crippen molar-refractivity contribution in [3.63, 3.8) is 0 Å². The van der Waals surface area contributed by atoms with Crippen molar-refractivity contribution < 1.29 is 19.6 Å². The van der Waals surface area contributed by atoms with E-state index in [0.29, 0.717) is 17.8 Å². The zero-order valence-electron chi connectivity index (χ0n) is 17.6. The van der Waals surface area contributed by atoms with Crippen molar-refractivity contribution in [3.05, 3.63) is 54.1 Å². The first-order valence-corrected chi connectivity index (χ1v) is 10.3. The fourth-order valence-electron chi connectivity index (χ4n) is 3.52. The number of amides is 3. The van der Waals surface area contributed by atoms with E-state index in [-0.39, 0.29) is 18.5 Å². The summed E-state index contributed by atoms with van der Waals surface area (Å²) in [7, 11) is 0. The minimum absolute atomic E-state index is 0.0760. The summed E-state index contributed by atoms with van der Waals surface area (Å²) in [6, 6.07) is 13.3. The molecule has 32 heavy (non-hydrogen) atoms. The highest BCUT2D eigenvalue weighted by Gasteiger charge is 2.21. The van der Waals surface area contributed by atoms with Crippen molar-refractivity contribution in [1.82, 2.24) is 15.7 Å². The van der Waals surface area contributed by atoms with Crippen LogP contribution in [-0.4, -0.2) is 66.1 Å². The van der Waals surface area contributed by atoms with Crippen LogP contribution in [0.4, 0.5) is 5.69 Å².